The second kappa shape index (κ2) is 8.95. The molecule has 0 amide bonds. The molecule has 4 N–H and O–H groups in total. The third kappa shape index (κ3) is 4.45. The predicted molar refractivity (Wildman–Crippen MR) is 103 cm³/mol. The zero-order valence-electron chi connectivity index (χ0n) is 15.1. The molecule has 1 aliphatic rings. The Bertz CT molecular complexity index is 840. The number of aliphatic hydroxyl groups excluding tert-OH is 1. The first kappa shape index (κ1) is 22.6. The minimum Gasteiger partial charge on any atom is -0.481 e. The van der Waals surface area contributed by atoms with Crippen molar-refractivity contribution in [2.24, 2.45) is 5.41 Å². The number of hydrogen-bond donors (Lipinski definition) is 4. The second-order valence-corrected chi connectivity index (χ2v) is 8.22. The lowest BCUT2D eigenvalue weighted by Gasteiger charge is -2.37. The van der Waals surface area contributed by atoms with Gasteiger partial charge in [0.1, 0.15) is 0 Å². The highest BCUT2D eigenvalue weighted by Crippen LogP contribution is 2.57. The van der Waals surface area contributed by atoms with Crippen LogP contribution in [-0.2, 0) is 14.2 Å². The highest BCUT2D eigenvalue weighted by Gasteiger charge is 2.54. The lowest BCUT2D eigenvalue weighted by Crippen LogP contribution is -2.44. The molecule has 1 aliphatic carbocycles. The average Bonchev–Trinajstić information content (AvgIpc) is 2.61. The van der Waals surface area contributed by atoms with E-state index in [9.17, 15) is 29.3 Å². The Morgan fingerprint density at radius 3 is 2.33 bits per heavy atom. The molecule has 0 saturated heterocycles. The molecule has 0 bridgehead atoms. The molecule has 146 valence electrons. The number of carbonyl (C=O) groups is 2. The van der Waals surface area contributed by atoms with Crippen LogP contribution in [0.4, 0.5) is 0 Å². The van der Waals surface area contributed by atoms with Gasteiger partial charge in [0.25, 0.3) is 0 Å². The first-order valence-electron chi connectivity index (χ1n) is 8.09. The van der Waals surface area contributed by atoms with Gasteiger partial charge in [-0.15, -0.1) is 0 Å². The summed E-state index contributed by atoms with van der Waals surface area (Å²) in [7, 11) is -4.41. The highest BCUT2D eigenvalue weighted by atomic mass is 31.2. The van der Waals surface area contributed by atoms with Crippen LogP contribution < -0.4 is 5.30 Å². The summed E-state index contributed by atoms with van der Waals surface area (Å²) in [5, 5.41) is 26.5. The summed E-state index contributed by atoms with van der Waals surface area (Å²) in [4.78, 5) is 34.2. The Labute approximate surface area is 157 Å². The van der Waals surface area contributed by atoms with Gasteiger partial charge in [0, 0.05) is 11.9 Å². The van der Waals surface area contributed by atoms with Crippen molar-refractivity contribution in [3.8, 4) is 0 Å². The SMILES string of the molecule is C=Cc1ccccc1P(=O)(O)C1C(C(=O)O)=CC=CC1(C)C(=O)O.CCO. The van der Waals surface area contributed by atoms with Crippen LogP contribution in [0.25, 0.3) is 6.08 Å². The lowest BCUT2D eigenvalue weighted by atomic mass is 9.79. The third-order valence-corrected chi connectivity index (χ3v) is 6.75. The van der Waals surface area contributed by atoms with Crippen molar-refractivity contribution in [3.05, 3.63) is 60.2 Å². The van der Waals surface area contributed by atoms with Crippen LogP contribution in [0.2, 0.25) is 0 Å². The molecule has 1 aromatic rings. The standard InChI is InChI=1S/C17H17O6P.C2H6O/c1-3-11-7-4-5-9-13(11)24(22,23)14-12(15(18)19)8-6-10-17(14,2)16(20)21;1-2-3/h3-10,14H,1H2,2H3,(H,18,19)(H,20,21)(H,22,23);3H,2H2,1H3. The van der Waals surface area contributed by atoms with Crippen molar-refractivity contribution in [3.63, 3.8) is 0 Å². The number of aliphatic hydroxyl groups is 1. The number of hydrogen-bond acceptors (Lipinski definition) is 4. The lowest BCUT2D eigenvalue weighted by molar-refractivity contribution is -0.145. The first-order chi connectivity index (χ1) is 12.6. The topological polar surface area (TPSA) is 132 Å². The van der Waals surface area contributed by atoms with Gasteiger partial charge >= 0.3 is 11.9 Å². The maximum atomic E-state index is 13.3. The van der Waals surface area contributed by atoms with E-state index >= 15 is 0 Å². The van der Waals surface area contributed by atoms with Crippen LogP contribution in [0.5, 0.6) is 0 Å². The van der Waals surface area contributed by atoms with Crippen LogP contribution >= 0.6 is 7.37 Å². The van der Waals surface area contributed by atoms with Crippen LogP contribution in [0.15, 0.2) is 54.6 Å². The first-order valence-corrected chi connectivity index (χ1v) is 9.82. The van der Waals surface area contributed by atoms with Gasteiger partial charge < -0.3 is 20.2 Å². The fraction of sp³-hybridized carbons (Fsp3) is 0.263. The van der Waals surface area contributed by atoms with Crippen LogP contribution in [0.3, 0.4) is 0 Å². The van der Waals surface area contributed by atoms with Crippen molar-refractivity contribution in [2.75, 3.05) is 6.61 Å². The Hall–Kier alpha value is -2.47. The second-order valence-electron chi connectivity index (χ2n) is 5.98. The minimum absolute atomic E-state index is 0.0140. The summed E-state index contributed by atoms with van der Waals surface area (Å²) in [6.07, 6.45) is 5.07. The summed E-state index contributed by atoms with van der Waals surface area (Å²) in [5.41, 5.74) is -3.50. The van der Waals surface area contributed by atoms with Gasteiger partial charge in [0.15, 0.2) is 0 Å². The summed E-state index contributed by atoms with van der Waals surface area (Å²) in [5.74, 6) is -2.80. The van der Waals surface area contributed by atoms with Gasteiger partial charge in [-0.05, 0) is 25.5 Å². The molecular weight excluding hydrogens is 371 g/mol. The Morgan fingerprint density at radius 1 is 1.30 bits per heavy atom. The van der Waals surface area contributed by atoms with Gasteiger partial charge in [-0.2, -0.15) is 0 Å². The molecule has 0 aliphatic heterocycles. The molecule has 2 rings (SSSR count). The Balaban J connectivity index is 0.00000114. The van der Waals surface area contributed by atoms with Crippen LogP contribution in [0, 0.1) is 5.41 Å². The summed E-state index contributed by atoms with van der Waals surface area (Å²) in [6.45, 7) is 6.75. The average molecular weight is 394 g/mol. The van der Waals surface area contributed by atoms with E-state index in [1.54, 1.807) is 19.1 Å². The molecule has 0 fully saturated rings. The van der Waals surface area contributed by atoms with Gasteiger partial charge in [-0.3, -0.25) is 9.36 Å². The fourth-order valence-electron chi connectivity index (χ4n) is 2.88. The Kier molecular flexibility index (Phi) is 7.48. The monoisotopic (exact) mass is 394 g/mol. The van der Waals surface area contributed by atoms with Crippen LogP contribution in [0.1, 0.15) is 19.4 Å². The number of aliphatic carboxylic acids is 2. The molecule has 27 heavy (non-hydrogen) atoms. The van der Waals surface area contributed by atoms with Crippen LogP contribution in [-0.4, -0.2) is 44.4 Å². The molecule has 0 spiro atoms. The minimum atomic E-state index is -4.41. The summed E-state index contributed by atoms with van der Waals surface area (Å²) >= 11 is 0. The van der Waals surface area contributed by atoms with Gasteiger partial charge in [0.05, 0.1) is 16.6 Å². The van der Waals surface area contributed by atoms with E-state index in [0.29, 0.717) is 5.56 Å². The molecule has 8 heteroatoms. The number of benzene rings is 1. The van der Waals surface area contributed by atoms with Gasteiger partial charge in [-0.1, -0.05) is 49.1 Å². The van der Waals surface area contributed by atoms with E-state index in [1.807, 2.05) is 0 Å². The zero-order valence-corrected chi connectivity index (χ0v) is 16.0. The summed E-state index contributed by atoms with van der Waals surface area (Å²) < 4.78 is 13.3. The Morgan fingerprint density at radius 2 is 1.85 bits per heavy atom. The number of carboxylic acid groups (broad SMARTS) is 2. The maximum Gasteiger partial charge on any atom is 0.332 e. The predicted octanol–water partition coefficient (Wildman–Crippen LogP) is 2.26. The third-order valence-electron chi connectivity index (χ3n) is 4.14. The maximum absolute atomic E-state index is 13.3. The fourth-order valence-corrected chi connectivity index (χ4v) is 5.49. The molecule has 0 heterocycles. The molecule has 0 saturated carbocycles. The van der Waals surface area contributed by atoms with Crippen molar-refractivity contribution < 1.29 is 34.4 Å². The molecule has 3 unspecified atom stereocenters. The van der Waals surface area contributed by atoms with E-state index in [4.69, 9.17) is 5.11 Å². The number of rotatable bonds is 5. The normalized spacial score (nSPS) is 23.3. The smallest absolute Gasteiger partial charge is 0.332 e. The van der Waals surface area contributed by atoms with Gasteiger partial charge in [0.2, 0.25) is 7.37 Å². The molecule has 1 aromatic carbocycles. The van der Waals surface area contributed by atoms with Crippen molar-refractivity contribution in [1.82, 2.24) is 0 Å². The molecule has 7 nitrogen and oxygen atoms in total. The summed E-state index contributed by atoms with van der Waals surface area (Å²) in [6, 6.07) is 6.13. The highest BCUT2D eigenvalue weighted by molar-refractivity contribution is 7.67. The largest absolute Gasteiger partial charge is 0.481 e. The van der Waals surface area contributed by atoms with E-state index in [-0.39, 0.29) is 11.9 Å². The van der Waals surface area contributed by atoms with E-state index in [2.05, 4.69) is 6.58 Å². The van der Waals surface area contributed by atoms with Gasteiger partial charge in [-0.25, -0.2) is 4.79 Å². The van der Waals surface area contributed by atoms with Crippen molar-refractivity contribution >= 4 is 30.7 Å². The zero-order chi connectivity index (χ0) is 20.8. The molecule has 0 radical (unpaired) electrons. The van der Waals surface area contributed by atoms with Crippen molar-refractivity contribution in [2.45, 2.75) is 19.5 Å². The van der Waals surface area contributed by atoms with E-state index in [0.717, 1.165) is 6.08 Å². The van der Waals surface area contributed by atoms with Crippen molar-refractivity contribution in [1.29, 1.82) is 0 Å². The molecule has 0 aromatic heterocycles. The number of carboxylic acids is 2. The van der Waals surface area contributed by atoms with E-state index in [1.165, 1.54) is 37.3 Å². The number of allylic oxidation sites excluding steroid dienone is 2. The molecular formula is C19H23O7P. The quantitative estimate of drug-likeness (QED) is 0.563. The molecule has 3 atom stereocenters. The van der Waals surface area contributed by atoms with E-state index < -0.39 is 36.0 Å².